The van der Waals surface area contributed by atoms with Crippen molar-refractivity contribution < 1.29 is 9.59 Å². The van der Waals surface area contributed by atoms with Crippen molar-refractivity contribution in [2.24, 2.45) is 5.92 Å². The summed E-state index contributed by atoms with van der Waals surface area (Å²) < 4.78 is 0. The summed E-state index contributed by atoms with van der Waals surface area (Å²) in [7, 11) is 0. The second-order valence-electron chi connectivity index (χ2n) is 8.78. The van der Waals surface area contributed by atoms with Gasteiger partial charge in [0.05, 0.1) is 6.54 Å². The SMILES string of the molecule is CC(CNC(=O)CNC(=O)c1ccc(C(C)(C)C)cc1)CN1CCCCC1. The molecule has 150 valence electrons. The van der Waals surface area contributed by atoms with Crippen LogP contribution in [0.4, 0.5) is 0 Å². The highest BCUT2D eigenvalue weighted by molar-refractivity contribution is 5.96. The van der Waals surface area contributed by atoms with Crippen molar-refractivity contribution in [2.75, 3.05) is 32.7 Å². The molecule has 0 saturated carbocycles. The lowest BCUT2D eigenvalue weighted by molar-refractivity contribution is -0.120. The van der Waals surface area contributed by atoms with Crippen LogP contribution in [0.25, 0.3) is 0 Å². The Kier molecular flexibility index (Phi) is 7.84. The van der Waals surface area contributed by atoms with E-state index in [1.54, 1.807) is 0 Å². The highest BCUT2D eigenvalue weighted by Crippen LogP contribution is 2.22. The molecule has 0 spiro atoms. The van der Waals surface area contributed by atoms with E-state index in [1.165, 1.54) is 37.9 Å². The van der Waals surface area contributed by atoms with Crippen LogP contribution in [-0.4, -0.2) is 49.4 Å². The van der Waals surface area contributed by atoms with Crippen molar-refractivity contribution in [3.63, 3.8) is 0 Å². The van der Waals surface area contributed by atoms with Crippen molar-refractivity contribution in [1.82, 2.24) is 15.5 Å². The zero-order valence-corrected chi connectivity index (χ0v) is 17.3. The Balaban J connectivity index is 1.69. The van der Waals surface area contributed by atoms with Gasteiger partial charge in [0.1, 0.15) is 0 Å². The molecule has 5 heteroatoms. The van der Waals surface area contributed by atoms with Gasteiger partial charge in [0.25, 0.3) is 5.91 Å². The van der Waals surface area contributed by atoms with Gasteiger partial charge in [-0.3, -0.25) is 9.59 Å². The number of likely N-dealkylation sites (tertiary alicyclic amines) is 1. The minimum atomic E-state index is -0.216. The van der Waals surface area contributed by atoms with Crippen molar-refractivity contribution in [2.45, 2.75) is 52.4 Å². The van der Waals surface area contributed by atoms with Gasteiger partial charge in [-0.05, 0) is 55.0 Å². The van der Waals surface area contributed by atoms with Crippen molar-refractivity contribution in [1.29, 1.82) is 0 Å². The molecule has 2 N–H and O–H groups in total. The fourth-order valence-electron chi connectivity index (χ4n) is 3.38. The predicted octanol–water partition coefficient (Wildman–Crippen LogP) is 2.95. The molecule has 1 aliphatic rings. The van der Waals surface area contributed by atoms with E-state index >= 15 is 0 Å². The summed E-state index contributed by atoms with van der Waals surface area (Å²) in [6.45, 7) is 12.6. The van der Waals surface area contributed by atoms with Gasteiger partial charge >= 0.3 is 0 Å². The lowest BCUT2D eigenvalue weighted by Gasteiger charge is -2.29. The van der Waals surface area contributed by atoms with Crippen LogP contribution >= 0.6 is 0 Å². The van der Waals surface area contributed by atoms with Crippen LogP contribution in [0.2, 0.25) is 0 Å². The highest BCUT2D eigenvalue weighted by Gasteiger charge is 2.16. The third kappa shape index (κ3) is 7.33. The smallest absolute Gasteiger partial charge is 0.251 e. The van der Waals surface area contributed by atoms with Gasteiger partial charge in [-0.2, -0.15) is 0 Å². The quantitative estimate of drug-likeness (QED) is 0.772. The van der Waals surface area contributed by atoms with Crippen LogP contribution < -0.4 is 10.6 Å². The van der Waals surface area contributed by atoms with E-state index in [1.807, 2.05) is 24.3 Å². The summed E-state index contributed by atoms with van der Waals surface area (Å²) in [5.74, 6) is 0.0554. The number of hydrogen-bond donors (Lipinski definition) is 2. The lowest BCUT2D eigenvalue weighted by atomic mass is 9.87. The monoisotopic (exact) mass is 373 g/mol. The molecule has 0 radical (unpaired) electrons. The fraction of sp³-hybridized carbons (Fsp3) is 0.636. The van der Waals surface area contributed by atoms with E-state index in [0.29, 0.717) is 18.0 Å². The van der Waals surface area contributed by atoms with Gasteiger partial charge in [0, 0.05) is 18.7 Å². The molecule has 1 aromatic carbocycles. The van der Waals surface area contributed by atoms with Crippen LogP contribution in [0.3, 0.4) is 0 Å². The van der Waals surface area contributed by atoms with E-state index in [-0.39, 0.29) is 23.8 Å². The van der Waals surface area contributed by atoms with Crippen molar-refractivity contribution >= 4 is 11.8 Å². The Labute approximate surface area is 163 Å². The number of carbonyl (C=O) groups excluding carboxylic acids is 2. The second kappa shape index (κ2) is 9.88. The molecule has 2 rings (SSSR count). The summed E-state index contributed by atoms with van der Waals surface area (Å²) in [4.78, 5) is 26.7. The first-order valence-electron chi connectivity index (χ1n) is 10.1. The second-order valence-corrected chi connectivity index (χ2v) is 8.78. The van der Waals surface area contributed by atoms with E-state index in [4.69, 9.17) is 0 Å². The number of carbonyl (C=O) groups is 2. The Hall–Kier alpha value is -1.88. The van der Waals surface area contributed by atoms with Gasteiger partial charge in [0.2, 0.25) is 5.91 Å². The summed E-state index contributed by atoms with van der Waals surface area (Å²) in [6, 6.07) is 7.57. The maximum absolute atomic E-state index is 12.2. The molecule has 1 atom stereocenters. The summed E-state index contributed by atoms with van der Waals surface area (Å²) in [5.41, 5.74) is 1.81. The van der Waals surface area contributed by atoms with Gasteiger partial charge in [-0.15, -0.1) is 0 Å². The molecule has 1 aromatic rings. The first-order valence-corrected chi connectivity index (χ1v) is 10.1. The number of nitrogens with one attached hydrogen (secondary N) is 2. The molecule has 2 amide bonds. The predicted molar refractivity (Wildman–Crippen MR) is 110 cm³/mol. The normalized spacial score (nSPS) is 16.6. The standard InChI is InChI=1S/C22H35N3O2/c1-17(16-25-12-6-5-7-13-25)14-23-20(26)15-24-21(27)18-8-10-19(11-9-18)22(2,3)4/h8-11,17H,5-7,12-16H2,1-4H3,(H,23,26)(H,24,27). The number of hydrogen-bond acceptors (Lipinski definition) is 3. The van der Waals surface area contributed by atoms with Crippen LogP contribution in [0, 0.1) is 5.92 Å². The van der Waals surface area contributed by atoms with Gasteiger partial charge in [0.15, 0.2) is 0 Å². The Morgan fingerprint density at radius 2 is 1.67 bits per heavy atom. The van der Waals surface area contributed by atoms with Crippen LogP contribution in [0.15, 0.2) is 24.3 Å². The molecule has 1 heterocycles. The van der Waals surface area contributed by atoms with Crippen LogP contribution in [0.5, 0.6) is 0 Å². The third-order valence-electron chi connectivity index (χ3n) is 5.09. The van der Waals surface area contributed by atoms with Gasteiger partial charge in [-0.25, -0.2) is 0 Å². The Bertz CT molecular complexity index is 613. The van der Waals surface area contributed by atoms with E-state index < -0.39 is 0 Å². The first-order chi connectivity index (χ1) is 12.8. The minimum Gasteiger partial charge on any atom is -0.354 e. The molecule has 27 heavy (non-hydrogen) atoms. The topological polar surface area (TPSA) is 61.4 Å². The molecule has 5 nitrogen and oxygen atoms in total. The molecule has 1 saturated heterocycles. The van der Waals surface area contributed by atoms with Crippen LogP contribution in [-0.2, 0) is 10.2 Å². The molecule has 0 bridgehead atoms. The summed E-state index contributed by atoms with van der Waals surface area (Å²) >= 11 is 0. The van der Waals surface area contributed by atoms with Gasteiger partial charge in [-0.1, -0.05) is 46.2 Å². The maximum atomic E-state index is 12.2. The number of nitrogens with zero attached hydrogens (tertiary/aromatic N) is 1. The molecule has 0 aliphatic carbocycles. The van der Waals surface area contributed by atoms with Gasteiger partial charge < -0.3 is 15.5 Å². The third-order valence-corrected chi connectivity index (χ3v) is 5.09. The molecule has 1 aliphatic heterocycles. The van der Waals surface area contributed by atoms with Crippen molar-refractivity contribution in [3.05, 3.63) is 35.4 Å². The molecule has 1 unspecified atom stereocenters. The average molecular weight is 374 g/mol. The number of benzene rings is 1. The maximum Gasteiger partial charge on any atom is 0.251 e. The number of amides is 2. The molecule has 0 aromatic heterocycles. The lowest BCUT2D eigenvalue weighted by Crippen LogP contribution is -2.41. The first kappa shape index (κ1) is 21.4. The van der Waals surface area contributed by atoms with E-state index in [9.17, 15) is 9.59 Å². The van der Waals surface area contributed by atoms with Crippen LogP contribution in [0.1, 0.15) is 62.9 Å². The number of piperidine rings is 1. The minimum absolute atomic E-state index is 0.0102. The highest BCUT2D eigenvalue weighted by atomic mass is 16.2. The summed E-state index contributed by atoms with van der Waals surface area (Å²) in [6.07, 6.45) is 3.89. The summed E-state index contributed by atoms with van der Waals surface area (Å²) in [5, 5.41) is 5.63. The average Bonchev–Trinajstić information content (AvgIpc) is 2.64. The fourth-order valence-corrected chi connectivity index (χ4v) is 3.38. The Morgan fingerprint density at radius 1 is 1.04 bits per heavy atom. The largest absolute Gasteiger partial charge is 0.354 e. The Morgan fingerprint density at radius 3 is 2.26 bits per heavy atom. The zero-order valence-electron chi connectivity index (χ0n) is 17.3. The van der Waals surface area contributed by atoms with E-state index in [0.717, 1.165) is 6.54 Å². The van der Waals surface area contributed by atoms with E-state index in [2.05, 4.69) is 43.2 Å². The number of rotatable bonds is 7. The molecular formula is C22H35N3O2. The zero-order chi connectivity index (χ0) is 19.9. The van der Waals surface area contributed by atoms with Crippen molar-refractivity contribution in [3.8, 4) is 0 Å². The molecular weight excluding hydrogens is 338 g/mol. The molecule has 1 fully saturated rings.